The van der Waals surface area contributed by atoms with Gasteiger partial charge in [-0.2, -0.15) is 0 Å². The summed E-state index contributed by atoms with van der Waals surface area (Å²) < 4.78 is 0. The average molecular weight is 444 g/mol. The van der Waals surface area contributed by atoms with Crippen molar-refractivity contribution in [3.63, 3.8) is 0 Å². The summed E-state index contributed by atoms with van der Waals surface area (Å²) in [6.07, 6.45) is 3.53. The van der Waals surface area contributed by atoms with Crippen LogP contribution in [0.25, 0.3) is 10.9 Å². The Bertz CT molecular complexity index is 1300. The van der Waals surface area contributed by atoms with E-state index in [0.29, 0.717) is 17.7 Å². The minimum Gasteiger partial charge on any atom is -0.480 e. The minimum atomic E-state index is -1.12. The molecule has 0 aliphatic heterocycles. The van der Waals surface area contributed by atoms with Crippen LogP contribution in [-0.4, -0.2) is 43.1 Å². The van der Waals surface area contributed by atoms with Crippen LogP contribution in [-0.2, 0) is 24.2 Å². The number of nitrogens with one attached hydrogen (secondary N) is 2. The molecule has 0 saturated carbocycles. The van der Waals surface area contributed by atoms with Gasteiger partial charge in [0.15, 0.2) is 0 Å². The molecule has 0 saturated heterocycles. The lowest BCUT2D eigenvalue weighted by Gasteiger charge is -2.16. The predicted molar refractivity (Wildman–Crippen MR) is 123 cm³/mol. The first-order valence-electron chi connectivity index (χ1n) is 10.5. The lowest BCUT2D eigenvalue weighted by atomic mass is 9.96. The molecule has 0 radical (unpaired) electrons. The zero-order valence-corrected chi connectivity index (χ0v) is 18.1. The third kappa shape index (κ3) is 4.91. The van der Waals surface area contributed by atoms with Crippen LogP contribution >= 0.6 is 0 Å². The molecule has 8 heteroatoms. The number of carbonyl (C=O) groups excluding carboxylic acids is 1. The number of imidazole rings is 1. The molecule has 0 fully saturated rings. The normalized spacial score (nSPS) is 11.9. The Balaban J connectivity index is 1.64. The Morgan fingerprint density at radius 2 is 1.88 bits per heavy atom. The highest BCUT2D eigenvalue weighted by Crippen LogP contribution is 2.25. The van der Waals surface area contributed by atoms with Gasteiger partial charge in [0.05, 0.1) is 18.5 Å². The number of aryl methyl sites for hydroxylation is 1. The molecule has 1 atom stereocenters. The van der Waals surface area contributed by atoms with Gasteiger partial charge < -0.3 is 20.5 Å². The summed E-state index contributed by atoms with van der Waals surface area (Å²) >= 11 is 0. The number of aliphatic hydroxyl groups is 1. The molecule has 0 unspecified atom stereocenters. The van der Waals surface area contributed by atoms with Gasteiger partial charge in [-0.3, -0.25) is 9.78 Å². The number of aromatic amines is 1. The minimum absolute atomic E-state index is 0.0881. The van der Waals surface area contributed by atoms with Crippen LogP contribution in [0.1, 0.15) is 38.4 Å². The molecule has 0 spiro atoms. The van der Waals surface area contributed by atoms with E-state index in [1.807, 2.05) is 43.3 Å². The number of aromatic nitrogens is 3. The van der Waals surface area contributed by atoms with Crippen molar-refractivity contribution in [1.29, 1.82) is 0 Å². The molecular formula is C25H24N4O4. The van der Waals surface area contributed by atoms with E-state index < -0.39 is 17.9 Å². The number of amides is 1. The number of hydrogen-bond donors (Lipinski definition) is 4. The van der Waals surface area contributed by atoms with Gasteiger partial charge >= 0.3 is 5.97 Å². The number of rotatable bonds is 8. The molecule has 1 amide bonds. The molecular weight excluding hydrogens is 420 g/mol. The van der Waals surface area contributed by atoms with Gasteiger partial charge in [0.1, 0.15) is 6.04 Å². The molecule has 4 aromatic rings. The number of carboxylic acid groups (broad SMARTS) is 1. The van der Waals surface area contributed by atoms with Crippen LogP contribution in [0.5, 0.6) is 0 Å². The lowest BCUT2D eigenvalue weighted by Crippen LogP contribution is -2.42. The number of nitrogens with zero attached hydrogens (tertiary/aromatic N) is 2. The topological polar surface area (TPSA) is 128 Å². The highest BCUT2D eigenvalue weighted by atomic mass is 16.4. The summed E-state index contributed by atoms with van der Waals surface area (Å²) in [6.45, 7) is 1.79. The van der Waals surface area contributed by atoms with Crippen molar-refractivity contribution < 1.29 is 19.8 Å². The Kier molecular flexibility index (Phi) is 6.46. The highest BCUT2D eigenvalue weighted by molar-refractivity contribution is 5.98. The van der Waals surface area contributed by atoms with Crippen molar-refractivity contribution in [2.75, 3.05) is 0 Å². The van der Waals surface area contributed by atoms with Crippen LogP contribution in [0.15, 0.2) is 61.1 Å². The molecule has 0 aliphatic rings. The molecule has 0 aliphatic carbocycles. The van der Waals surface area contributed by atoms with Crippen LogP contribution in [0.3, 0.4) is 0 Å². The molecule has 2 heterocycles. The average Bonchev–Trinajstić information content (AvgIpc) is 3.32. The quantitative estimate of drug-likeness (QED) is 0.331. The van der Waals surface area contributed by atoms with E-state index in [2.05, 4.69) is 20.3 Å². The molecule has 4 rings (SSSR count). The number of carboxylic acids is 1. The molecule has 168 valence electrons. The van der Waals surface area contributed by atoms with E-state index in [-0.39, 0.29) is 13.0 Å². The number of para-hydroxylation sites is 1. The Labute approximate surface area is 190 Å². The van der Waals surface area contributed by atoms with Gasteiger partial charge in [-0.15, -0.1) is 0 Å². The van der Waals surface area contributed by atoms with Crippen LogP contribution in [0.4, 0.5) is 0 Å². The van der Waals surface area contributed by atoms with Crippen molar-refractivity contribution in [1.82, 2.24) is 20.3 Å². The maximum atomic E-state index is 13.1. The van der Waals surface area contributed by atoms with E-state index >= 15 is 0 Å². The third-order valence-electron chi connectivity index (χ3n) is 5.53. The van der Waals surface area contributed by atoms with E-state index in [9.17, 15) is 19.8 Å². The van der Waals surface area contributed by atoms with Crippen LogP contribution < -0.4 is 5.32 Å². The first kappa shape index (κ1) is 22.2. The summed E-state index contributed by atoms with van der Waals surface area (Å²) in [5.41, 5.74) is 5.06. The van der Waals surface area contributed by atoms with E-state index in [4.69, 9.17) is 0 Å². The van der Waals surface area contributed by atoms with Gasteiger partial charge in [-0.1, -0.05) is 36.4 Å². The van der Waals surface area contributed by atoms with E-state index in [1.54, 1.807) is 12.1 Å². The van der Waals surface area contributed by atoms with Gasteiger partial charge in [0.25, 0.3) is 5.91 Å². The van der Waals surface area contributed by atoms with Crippen molar-refractivity contribution in [2.24, 2.45) is 0 Å². The zero-order valence-electron chi connectivity index (χ0n) is 18.1. The summed E-state index contributed by atoms with van der Waals surface area (Å²) in [5, 5.41) is 22.8. The number of aliphatic hydroxyl groups excluding tert-OH is 1. The van der Waals surface area contributed by atoms with Crippen molar-refractivity contribution in [3.05, 3.63) is 94.7 Å². The first-order chi connectivity index (χ1) is 16.0. The highest BCUT2D eigenvalue weighted by Gasteiger charge is 2.23. The van der Waals surface area contributed by atoms with Crippen LogP contribution in [0, 0.1) is 6.92 Å². The summed E-state index contributed by atoms with van der Waals surface area (Å²) in [6, 6.07) is 13.7. The lowest BCUT2D eigenvalue weighted by molar-refractivity contribution is -0.139. The smallest absolute Gasteiger partial charge is 0.326 e. The maximum Gasteiger partial charge on any atom is 0.326 e. The fourth-order valence-electron chi connectivity index (χ4n) is 3.95. The second kappa shape index (κ2) is 9.62. The molecule has 8 nitrogen and oxygen atoms in total. The van der Waals surface area contributed by atoms with Crippen LogP contribution in [0.2, 0.25) is 0 Å². The maximum absolute atomic E-state index is 13.1. The Morgan fingerprint density at radius 3 is 2.61 bits per heavy atom. The number of benzene rings is 2. The molecule has 4 N–H and O–H groups in total. The second-order valence-electron chi connectivity index (χ2n) is 7.87. The summed E-state index contributed by atoms with van der Waals surface area (Å²) in [4.78, 5) is 36.2. The summed E-state index contributed by atoms with van der Waals surface area (Å²) in [7, 11) is 0. The number of fused-ring (bicyclic) bond motifs is 1. The molecule has 2 aromatic heterocycles. The van der Waals surface area contributed by atoms with Gasteiger partial charge in [0.2, 0.25) is 0 Å². The van der Waals surface area contributed by atoms with Crippen molar-refractivity contribution in [3.8, 4) is 0 Å². The number of carbonyl (C=O) groups is 2. The fourth-order valence-corrected chi connectivity index (χ4v) is 3.95. The number of pyridine rings is 1. The standard InChI is InChI=1S/C25H24N4O4/c1-15-9-18(13-30)20-8-4-6-17(23(20)28-15)10-16-5-2-3-7-21(16)24(31)29-22(25(32)33)11-19-12-26-14-27-19/h2-9,12,14,22,30H,10-11,13H2,1H3,(H,26,27)(H,29,31)(H,32,33)/t22-/m1/s1. The predicted octanol–water partition coefficient (Wildman–Crippen LogP) is 2.78. The molecule has 0 bridgehead atoms. The monoisotopic (exact) mass is 444 g/mol. The Hall–Kier alpha value is -4.04. The second-order valence-corrected chi connectivity index (χ2v) is 7.87. The van der Waals surface area contributed by atoms with Crippen molar-refractivity contribution in [2.45, 2.75) is 32.4 Å². The Morgan fingerprint density at radius 1 is 1.09 bits per heavy atom. The molecule has 33 heavy (non-hydrogen) atoms. The molecule has 2 aromatic carbocycles. The third-order valence-corrected chi connectivity index (χ3v) is 5.53. The van der Waals surface area contributed by atoms with Gasteiger partial charge in [-0.05, 0) is 35.7 Å². The van der Waals surface area contributed by atoms with Gasteiger partial charge in [0, 0.05) is 41.4 Å². The number of H-pyrrole nitrogens is 1. The first-order valence-corrected chi connectivity index (χ1v) is 10.5. The van der Waals surface area contributed by atoms with E-state index in [0.717, 1.165) is 33.3 Å². The number of hydrogen-bond acceptors (Lipinski definition) is 5. The SMILES string of the molecule is Cc1cc(CO)c2cccc(Cc3ccccc3C(=O)N[C@H](Cc3cnc[nH]3)C(=O)O)c2n1. The van der Waals surface area contributed by atoms with E-state index in [1.165, 1.54) is 12.5 Å². The number of aliphatic carboxylic acids is 1. The van der Waals surface area contributed by atoms with Gasteiger partial charge in [-0.25, -0.2) is 9.78 Å². The van der Waals surface area contributed by atoms with Crippen molar-refractivity contribution >= 4 is 22.8 Å². The largest absolute Gasteiger partial charge is 0.480 e. The summed E-state index contributed by atoms with van der Waals surface area (Å²) in [5.74, 6) is -1.58. The fraction of sp³-hybridized carbons (Fsp3) is 0.200. The zero-order chi connectivity index (χ0) is 23.4.